The van der Waals surface area contributed by atoms with Crippen molar-refractivity contribution in [3.05, 3.63) is 25.3 Å². The van der Waals surface area contributed by atoms with Crippen molar-refractivity contribution in [2.75, 3.05) is 35.8 Å². The number of aromatic nitrogens is 8. The Hall–Kier alpha value is -3.61. The summed E-state index contributed by atoms with van der Waals surface area (Å²) in [5.74, 6) is -0.409. The molecule has 2 aliphatic heterocycles. The third-order valence-corrected chi connectivity index (χ3v) is 11.0. The zero-order chi connectivity index (χ0) is 35.2. The van der Waals surface area contributed by atoms with Crippen molar-refractivity contribution < 1.29 is 53.2 Å². The van der Waals surface area contributed by atoms with Gasteiger partial charge in [-0.25, -0.2) is 34.5 Å². The molecule has 4 aromatic rings. The number of nitrogen functional groups attached to an aromatic ring is 2. The van der Waals surface area contributed by atoms with Gasteiger partial charge in [0.05, 0.1) is 25.5 Å². The van der Waals surface area contributed by atoms with E-state index < -0.39 is 86.4 Å². The molecule has 266 valence electrons. The number of aliphatic hydroxyl groups is 3. The number of carboxylic acids is 1. The van der Waals surface area contributed by atoms with Gasteiger partial charge in [0.25, 0.3) is 0 Å². The van der Waals surface area contributed by atoms with Crippen molar-refractivity contribution in [3.63, 3.8) is 0 Å². The van der Waals surface area contributed by atoms with Gasteiger partial charge in [0.2, 0.25) is 0 Å². The highest BCUT2D eigenvalue weighted by atomic mass is 32.2. The van der Waals surface area contributed by atoms with Crippen LogP contribution in [0.5, 0.6) is 0 Å². The minimum Gasteiger partial charge on any atom is -0.480 e. The summed E-state index contributed by atoms with van der Waals surface area (Å²) in [7, 11) is -5.57. The third kappa shape index (κ3) is 7.05. The molecule has 4 aromatic heterocycles. The number of aliphatic hydroxyl groups excluding tert-OH is 3. The van der Waals surface area contributed by atoms with E-state index in [4.69, 9.17) is 40.8 Å². The molecule has 6 rings (SSSR count). The van der Waals surface area contributed by atoms with Gasteiger partial charge in [-0.2, -0.15) is 0 Å². The zero-order valence-corrected chi connectivity index (χ0v) is 27.4. The van der Waals surface area contributed by atoms with Crippen molar-refractivity contribution >= 4 is 58.7 Å². The van der Waals surface area contributed by atoms with E-state index in [1.54, 1.807) is 0 Å². The molecule has 11 N–H and O–H groups in total. The van der Waals surface area contributed by atoms with Crippen molar-refractivity contribution in [1.82, 2.24) is 39.0 Å². The summed E-state index contributed by atoms with van der Waals surface area (Å²) in [6.45, 7) is -0.711. The lowest BCUT2D eigenvalue weighted by molar-refractivity contribution is -0.138. The molecule has 0 saturated carbocycles. The molecule has 2 fully saturated rings. The van der Waals surface area contributed by atoms with Crippen LogP contribution >= 0.6 is 7.82 Å². The first kappa shape index (κ1) is 35.2. The van der Waals surface area contributed by atoms with Gasteiger partial charge in [0.1, 0.15) is 77.9 Å². The number of hydrogen-bond acceptors (Lipinski definition) is 18. The number of phosphoric acid groups is 1. The van der Waals surface area contributed by atoms with E-state index in [0.29, 0.717) is 5.75 Å². The van der Waals surface area contributed by atoms with Crippen LogP contribution in [0.25, 0.3) is 22.3 Å². The van der Waals surface area contributed by atoms with E-state index in [1.807, 2.05) is 6.26 Å². The Labute approximate surface area is 279 Å². The second kappa shape index (κ2) is 14.0. The lowest BCUT2D eigenvalue weighted by atomic mass is 10.1. The Morgan fingerprint density at radius 3 is 2.06 bits per heavy atom. The molecule has 0 amide bonds. The Balaban J connectivity index is 1.17. The molecule has 2 aliphatic rings. The van der Waals surface area contributed by atoms with Crippen molar-refractivity contribution in [1.29, 1.82) is 0 Å². The van der Waals surface area contributed by atoms with Gasteiger partial charge in [0.15, 0.2) is 35.4 Å². The van der Waals surface area contributed by atoms with E-state index in [-0.39, 0.29) is 46.1 Å². The Bertz CT molecular complexity index is 1870. The molecule has 0 bridgehead atoms. The Kier molecular flexibility index (Phi) is 10.0. The summed E-state index contributed by atoms with van der Waals surface area (Å²) in [6.07, 6.45) is -3.83. The van der Waals surface area contributed by atoms with Crippen LogP contribution in [-0.4, -0.2) is 137 Å². The molecular formula is C25H35N11O11PS+. The van der Waals surface area contributed by atoms with Gasteiger partial charge in [-0.05, 0) is 10.9 Å². The minimum absolute atomic E-state index is 0.0843. The van der Waals surface area contributed by atoms with Crippen LogP contribution in [0.4, 0.5) is 11.6 Å². The van der Waals surface area contributed by atoms with Crippen molar-refractivity contribution in [3.8, 4) is 0 Å². The van der Waals surface area contributed by atoms with Crippen molar-refractivity contribution in [2.45, 2.75) is 61.5 Å². The largest absolute Gasteiger partial charge is 0.480 e. The summed E-state index contributed by atoms with van der Waals surface area (Å²) < 4.78 is 38.7. The Morgan fingerprint density at radius 1 is 0.939 bits per heavy atom. The molecule has 0 aliphatic carbocycles. The maximum atomic E-state index is 13.3. The number of phosphoric ester groups is 1. The summed E-state index contributed by atoms with van der Waals surface area (Å²) >= 11 is 0. The second-order valence-corrected chi connectivity index (χ2v) is 15.2. The van der Waals surface area contributed by atoms with Crippen molar-refractivity contribution in [2.24, 2.45) is 5.73 Å². The monoisotopic (exact) mass is 728 g/mol. The number of imidazole rings is 2. The first-order valence-corrected chi connectivity index (χ1v) is 18.2. The molecule has 0 radical (unpaired) electrons. The van der Waals surface area contributed by atoms with Gasteiger partial charge < -0.3 is 52.0 Å². The number of fused-ring (bicyclic) bond motifs is 2. The third-order valence-electron chi connectivity index (χ3n) is 8.17. The maximum Gasteiger partial charge on any atom is 0.472 e. The van der Waals surface area contributed by atoms with E-state index in [1.165, 1.54) is 34.4 Å². The fraction of sp³-hybridized carbons (Fsp3) is 0.560. The number of rotatable bonds is 13. The molecule has 24 heteroatoms. The number of aliphatic carboxylic acids is 1. The highest BCUT2D eigenvalue weighted by Gasteiger charge is 2.52. The normalized spacial score (nSPS) is 29.8. The number of anilines is 2. The quantitative estimate of drug-likeness (QED) is 0.0511. The van der Waals surface area contributed by atoms with Gasteiger partial charge in [-0.15, -0.1) is 0 Å². The van der Waals surface area contributed by atoms with Gasteiger partial charge in [-0.3, -0.25) is 23.0 Å². The number of carboxylic acid groups (broad SMARTS) is 1. The number of carbonyl (C=O) groups is 1. The molecule has 6 heterocycles. The van der Waals surface area contributed by atoms with Crippen LogP contribution in [-0.2, 0) is 38.8 Å². The molecule has 2 saturated heterocycles. The first-order valence-electron chi connectivity index (χ1n) is 14.7. The minimum atomic E-state index is -5.02. The lowest BCUT2D eigenvalue weighted by Gasteiger charge is -2.24. The maximum absolute atomic E-state index is 13.3. The average molecular weight is 729 g/mol. The predicted octanol–water partition coefficient (Wildman–Crippen LogP) is -2.74. The summed E-state index contributed by atoms with van der Waals surface area (Å²) in [5.41, 5.74) is 18.3. The van der Waals surface area contributed by atoms with E-state index in [0.717, 1.165) is 0 Å². The molecule has 22 nitrogen and oxygen atoms in total. The van der Waals surface area contributed by atoms with E-state index in [2.05, 4.69) is 29.9 Å². The number of nitrogens with two attached hydrogens (primary N) is 3. The van der Waals surface area contributed by atoms with Gasteiger partial charge in [-0.1, -0.05) is 0 Å². The topological polar surface area (TPSA) is 337 Å². The average Bonchev–Trinajstić information content (AvgIpc) is 3.82. The van der Waals surface area contributed by atoms with Gasteiger partial charge in [0, 0.05) is 6.42 Å². The highest BCUT2D eigenvalue weighted by molar-refractivity contribution is 7.96. The molecule has 49 heavy (non-hydrogen) atoms. The molecule has 0 aromatic carbocycles. The second-order valence-electron chi connectivity index (χ2n) is 11.5. The van der Waals surface area contributed by atoms with Crippen LogP contribution in [0, 0.1) is 0 Å². The number of hydrogen-bond donors (Lipinski definition) is 8. The highest BCUT2D eigenvalue weighted by Crippen LogP contribution is 2.49. The molecular weight excluding hydrogens is 693 g/mol. The lowest BCUT2D eigenvalue weighted by Crippen LogP contribution is -2.39. The number of nitrogens with zero attached hydrogens (tertiary/aromatic N) is 8. The molecule has 0 spiro atoms. The van der Waals surface area contributed by atoms with E-state index >= 15 is 0 Å². The summed E-state index contributed by atoms with van der Waals surface area (Å²) in [6, 6.07) is -1.08. The van der Waals surface area contributed by atoms with Crippen LogP contribution in [0.1, 0.15) is 18.9 Å². The first-order chi connectivity index (χ1) is 23.3. The number of ether oxygens (including phenoxy) is 2. The SMILES string of the molecule is C[S+](CC[C@H](N)C(=O)O)C[C@H]1O[C@@H](n2cnc3c(N)ncnc32)[C@H](O)[C@@H]1OP(=O)(O)OC[C@H]1O[C@@H](n2cnc3c(N)ncnc32)[C@H](O)[C@@H]1O. The van der Waals surface area contributed by atoms with Gasteiger partial charge >= 0.3 is 13.8 Å². The molecule has 11 atom stereocenters. The van der Waals surface area contributed by atoms with Crippen LogP contribution in [0.2, 0.25) is 0 Å². The Morgan fingerprint density at radius 2 is 1.49 bits per heavy atom. The fourth-order valence-corrected chi connectivity index (χ4v) is 8.21. The zero-order valence-electron chi connectivity index (χ0n) is 25.7. The smallest absolute Gasteiger partial charge is 0.472 e. The fourth-order valence-electron chi connectivity index (χ4n) is 5.59. The standard InChI is InChI=1S/C25H34N11O11PS/c1-49(3-2-10(26)25(40)41)5-12-18(17(39)24(46-12)36-9-34-14-20(28)30-7-32-22(14)36)47-48(42,43)44-4-11-15(37)16(38)23(45-11)35-8-33-13-19(27)29-6-31-21(13)35/h6-12,15-18,23-24,37-39H,2-5,26H2,1H3,(H5-,27,28,29,30,31,32,40,41,42,43)/p+1/t10-,11+,12+,15+,16+,17+,18+,23+,24+,49?/m0/s1. The summed E-state index contributed by atoms with van der Waals surface area (Å²) in [4.78, 5) is 46.3. The molecule has 2 unspecified atom stereocenters. The summed E-state index contributed by atoms with van der Waals surface area (Å²) in [5, 5.41) is 42.0. The predicted molar refractivity (Wildman–Crippen MR) is 169 cm³/mol. The van der Waals surface area contributed by atoms with Crippen LogP contribution < -0.4 is 17.2 Å². The van der Waals surface area contributed by atoms with Crippen LogP contribution in [0.3, 0.4) is 0 Å². The van der Waals surface area contributed by atoms with Crippen LogP contribution in [0.15, 0.2) is 25.3 Å². The van der Waals surface area contributed by atoms with E-state index in [9.17, 15) is 29.6 Å².